The molecule has 158 valence electrons. The van der Waals surface area contributed by atoms with Crippen molar-refractivity contribution in [3.63, 3.8) is 0 Å². The number of likely N-dealkylation sites (tertiary alicyclic amines) is 1. The highest BCUT2D eigenvalue weighted by molar-refractivity contribution is 14.0. The molecule has 1 fully saturated rings. The molecule has 0 aliphatic carbocycles. The average Bonchev–Trinajstić information content (AvgIpc) is 2.66. The Labute approximate surface area is 184 Å². The van der Waals surface area contributed by atoms with Gasteiger partial charge in [0.25, 0.3) is 0 Å². The lowest BCUT2D eigenvalue weighted by Gasteiger charge is -2.34. The smallest absolute Gasteiger partial charge is 0.225 e. The Balaban J connectivity index is 0.00000392. The Morgan fingerprint density at radius 2 is 1.93 bits per heavy atom. The lowest BCUT2D eigenvalue weighted by molar-refractivity contribution is -0.135. The van der Waals surface area contributed by atoms with E-state index >= 15 is 0 Å². The van der Waals surface area contributed by atoms with Crippen LogP contribution in [0.5, 0.6) is 5.75 Å². The third-order valence-corrected chi connectivity index (χ3v) is 4.59. The number of rotatable bonds is 6. The van der Waals surface area contributed by atoms with E-state index in [2.05, 4.69) is 15.6 Å². The van der Waals surface area contributed by atoms with Crippen LogP contribution in [0.2, 0.25) is 0 Å². The second-order valence-corrected chi connectivity index (χ2v) is 7.21. The van der Waals surface area contributed by atoms with Crippen molar-refractivity contribution >= 4 is 35.8 Å². The number of ether oxygens (including phenoxy) is 1. The summed E-state index contributed by atoms with van der Waals surface area (Å²) in [4.78, 5) is 18.2. The number of amides is 1. The molecule has 0 bridgehead atoms. The molecule has 2 N–H and O–H groups in total. The fourth-order valence-corrected chi connectivity index (χ4v) is 3.04. The fraction of sp³-hybridized carbons (Fsp3) is 0.600. The topological polar surface area (TPSA) is 66.0 Å². The predicted octanol–water partition coefficient (Wildman–Crippen LogP) is 3.02. The van der Waals surface area contributed by atoms with Crippen LogP contribution in [0, 0.1) is 11.7 Å². The summed E-state index contributed by atoms with van der Waals surface area (Å²) in [5, 5.41) is 6.62. The summed E-state index contributed by atoms with van der Waals surface area (Å²) in [7, 11) is 1.72. The molecule has 1 saturated heterocycles. The molecule has 2 rings (SSSR count). The summed E-state index contributed by atoms with van der Waals surface area (Å²) in [6.07, 6.45) is 1.56. The lowest BCUT2D eigenvalue weighted by atomic mass is 10.0. The van der Waals surface area contributed by atoms with Crippen molar-refractivity contribution in [1.29, 1.82) is 0 Å². The SMILES string of the molecule is CN=C(NCC(C)Oc1ccccc1F)NC1CCN(C(=O)C(C)C)CC1.I. The Kier molecular flexibility index (Phi) is 10.6. The third kappa shape index (κ3) is 7.44. The molecule has 0 saturated carbocycles. The second-order valence-electron chi connectivity index (χ2n) is 7.21. The molecule has 8 heteroatoms. The normalized spacial score (nSPS) is 16.4. The van der Waals surface area contributed by atoms with Crippen LogP contribution in [-0.4, -0.2) is 55.6 Å². The van der Waals surface area contributed by atoms with Crippen LogP contribution in [0.1, 0.15) is 33.6 Å². The van der Waals surface area contributed by atoms with Gasteiger partial charge in [0.1, 0.15) is 6.10 Å². The van der Waals surface area contributed by atoms with E-state index in [-0.39, 0.29) is 59.5 Å². The van der Waals surface area contributed by atoms with Gasteiger partial charge in [0.15, 0.2) is 17.5 Å². The Morgan fingerprint density at radius 1 is 1.29 bits per heavy atom. The van der Waals surface area contributed by atoms with E-state index in [0.717, 1.165) is 25.9 Å². The average molecular weight is 506 g/mol. The first-order valence-corrected chi connectivity index (χ1v) is 9.57. The summed E-state index contributed by atoms with van der Waals surface area (Å²) in [6, 6.07) is 6.65. The lowest BCUT2D eigenvalue weighted by Crippen LogP contribution is -2.51. The minimum Gasteiger partial charge on any atom is -0.486 e. The first-order chi connectivity index (χ1) is 12.9. The van der Waals surface area contributed by atoms with Gasteiger partial charge >= 0.3 is 0 Å². The largest absolute Gasteiger partial charge is 0.486 e. The standard InChI is InChI=1S/C20H31FN4O2.HI/c1-14(2)19(26)25-11-9-16(10-12-25)24-20(22-4)23-13-15(3)27-18-8-6-5-7-17(18)21;/h5-8,14-16H,9-13H2,1-4H3,(H2,22,23,24);1H. The molecule has 1 aromatic rings. The molecule has 0 spiro atoms. The van der Waals surface area contributed by atoms with Gasteiger partial charge in [0, 0.05) is 32.1 Å². The van der Waals surface area contributed by atoms with Gasteiger partial charge in [-0.05, 0) is 31.9 Å². The maximum Gasteiger partial charge on any atom is 0.225 e. The molecule has 1 aliphatic rings. The van der Waals surface area contributed by atoms with Crippen molar-refractivity contribution in [3.05, 3.63) is 30.1 Å². The van der Waals surface area contributed by atoms with E-state index in [4.69, 9.17) is 4.74 Å². The van der Waals surface area contributed by atoms with Gasteiger partial charge in [-0.3, -0.25) is 9.79 Å². The summed E-state index contributed by atoms with van der Waals surface area (Å²) < 4.78 is 19.3. The maximum atomic E-state index is 13.7. The van der Waals surface area contributed by atoms with Crippen molar-refractivity contribution in [2.45, 2.75) is 45.8 Å². The van der Waals surface area contributed by atoms with Crippen molar-refractivity contribution < 1.29 is 13.9 Å². The minimum atomic E-state index is -0.366. The summed E-state index contributed by atoms with van der Waals surface area (Å²) >= 11 is 0. The van der Waals surface area contributed by atoms with Gasteiger partial charge in [-0.25, -0.2) is 4.39 Å². The molecular weight excluding hydrogens is 474 g/mol. The molecule has 6 nitrogen and oxygen atoms in total. The Bertz CT molecular complexity index is 649. The van der Waals surface area contributed by atoms with Crippen LogP contribution in [0.3, 0.4) is 0 Å². The third-order valence-electron chi connectivity index (χ3n) is 4.59. The number of carbonyl (C=O) groups is 1. The van der Waals surface area contributed by atoms with Crippen molar-refractivity contribution in [3.8, 4) is 5.75 Å². The number of carbonyl (C=O) groups excluding carboxylic acids is 1. The molecule has 28 heavy (non-hydrogen) atoms. The summed E-state index contributed by atoms with van der Waals surface area (Å²) in [6.45, 7) is 7.77. The second kappa shape index (κ2) is 12.1. The van der Waals surface area contributed by atoms with E-state index in [1.165, 1.54) is 6.07 Å². The van der Waals surface area contributed by atoms with Gasteiger partial charge < -0.3 is 20.3 Å². The number of guanidine groups is 1. The van der Waals surface area contributed by atoms with Crippen LogP contribution in [0.15, 0.2) is 29.3 Å². The van der Waals surface area contributed by atoms with E-state index < -0.39 is 0 Å². The van der Waals surface area contributed by atoms with Gasteiger partial charge in [0.05, 0.1) is 6.54 Å². The quantitative estimate of drug-likeness (QED) is 0.354. The number of hydrogen-bond acceptors (Lipinski definition) is 3. The molecule has 1 aliphatic heterocycles. The number of halogens is 2. The van der Waals surface area contributed by atoms with Gasteiger partial charge in [-0.2, -0.15) is 0 Å². The van der Waals surface area contributed by atoms with Crippen molar-refractivity contribution in [2.75, 3.05) is 26.7 Å². The zero-order chi connectivity index (χ0) is 19.8. The highest BCUT2D eigenvalue weighted by atomic mass is 127. The molecule has 1 amide bonds. The fourth-order valence-electron chi connectivity index (χ4n) is 3.04. The number of aliphatic imine (C=N–C) groups is 1. The van der Waals surface area contributed by atoms with Gasteiger partial charge in [-0.15, -0.1) is 24.0 Å². The molecule has 0 radical (unpaired) electrons. The van der Waals surface area contributed by atoms with Crippen molar-refractivity contribution in [2.24, 2.45) is 10.9 Å². The van der Waals surface area contributed by atoms with E-state index in [0.29, 0.717) is 12.5 Å². The van der Waals surface area contributed by atoms with E-state index in [9.17, 15) is 9.18 Å². The first kappa shape index (κ1) is 24.5. The molecular formula is C20H32FIN4O2. The Hall–Kier alpha value is -1.58. The van der Waals surface area contributed by atoms with Crippen LogP contribution in [0.4, 0.5) is 4.39 Å². The maximum absolute atomic E-state index is 13.7. The van der Waals surface area contributed by atoms with E-state index in [1.54, 1.807) is 25.2 Å². The number of nitrogens with one attached hydrogen (secondary N) is 2. The zero-order valence-electron chi connectivity index (χ0n) is 17.1. The molecule has 1 heterocycles. The van der Waals surface area contributed by atoms with Crippen LogP contribution < -0.4 is 15.4 Å². The summed E-state index contributed by atoms with van der Waals surface area (Å²) in [5.41, 5.74) is 0. The molecule has 0 aromatic heterocycles. The van der Waals surface area contributed by atoms with Crippen LogP contribution in [0.25, 0.3) is 0 Å². The van der Waals surface area contributed by atoms with Crippen molar-refractivity contribution in [1.82, 2.24) is 15.5 Å². The zero-order valence-corrected chi connectivity index (χ0v) is 19.4. The molecule has 1 aromatic carbocycles. The first-order valence-electron chi connectivity index (χ1n) is 9.57. The van der Waals surface area contributed by atoms with Crippen LogP contribution >= 0.6 is 24.0 Å². The monoisotopic (exact) mass is 506 g/mol. The highest BCUT2D eigenvalue weighted by Crippen LogP contribution is 2.17. The molecule has 1 unspecified atom stereocenters. The summed E-state index contributed by atoms with van der Waals surface area (Å²) in [5.74, 6) is 0.828. The number of hydrogen-bond donors (Lipinski definition) is 2. The number of piperidine rings is 1. The number of nitrogens with zero attached hydrogens (tertiary/aromatic N) is 2. The minimum absolute atomic E-state index is 0. The number of benzene rings is 1. The van der Waals surface area contributed by atoms with E-state index in [1.807, 2.05) is 25.7 Å². The van der Waals surface area contributed by atoms with Crippen LogP contribution in [-0.2, 0) is 4.79 Å². The predicted molar refractivity (Wildman–Crippen MR) is 121 cm³/mol. The highest BCUT2D eigenvalue weighted by Gasteiger charge is 2.24. The number of para-hydroxylation sites is 1. The van der Waals surface area contributed by atoms with Gasteiger partial charge in [0.2, 0.25) is 5.91 Å². The Morgan fingerprint density at radius 3 is 2.50 bits per heavy atom. The van der Waals surface area contributed by atoms with Gasteiger partial charge in [-0.1, -0.05) is 26.0 Å². The molecule has 1 atom stereocenters.